The zero-order chi connectivity index (χ0) is 15.1. The molecule has 0 saturated heterocycles. The molecular formula is C17H19FN2O. The van der Waals surface area contributed by atoms with Crippen LogP contribution in [-0.2, 0) is 6.54 Å². The van der Waals surface area contributed by atoms with Crippen molar-refractivity contribution in [3.05, 3.63) is 65.7 Å². The number of rotatable bonds is 7. The van der Waals surface area contributed by atoms with Crippen molar-refractivity contribution in [1.29, 1.82) is 0 Å². The Hall–Kier alpha value is -2.07. The van der Waals surface area contributed by atoms with E-state index in [9.17, 15) is 9.18 Å². The van der Waals surface area contributed by atoms with Crippen LogP contribution < -0.4 is 0 Å². The predicted octanol–water partition coefficient (Wildman–Crippen LogP) is 3.32. The zero-order valence-electron chi connectivity index (χ0n) is 12.1. The van der Waals surface area contributed by atoms with Gasteiger partial charge in [-0.1, -0.05) is 25.1 Å². The molecule has 0 N–H and O–H groups in total. The molecule has 2 aromatic rings. The van der Waals surface area contributed by atoms with Gasteiger partial charge < -0.3 is 0 Å². The number of Topliss-reactive ketones (excluding diaryl/α,β-unsaturated/α-hetero) is 1. The average Bonchev–Trinajstić information content (AvgIpc) is 2.52. The molecule has 0 spiro atoms. The van der Waals surface area contributed by atoms with Gasteiger partial charge in [-0.3, -0.25) is 14.7 Å². The van der Waals surface area contributed by atoms with Gasteiger partial charge in [-0.05, 0) is 30.8 Å². The van der Waals surface area contributed by atoms with Crippen LogP contribution in [0.15, 0.2) is 48.7 Å². The molecule has 0 saturated carbocycles. The molecule has 0 aliphatic rings. The number of hydrogen-bond donors (Lipinski definition) is 0. The largest absolute Gasteiger partial charge is 0.297 e. The topological polar surface area (TPSA) is 33.2 Å². The Kier molecular flexibility index (Phi) is 5.58. The van der Waals surface area contributed by atoms with Gasteiger partial charge in [0.1, 0.15) is 5.82 Å². The number of carbonyl (C=O) groups is 1. The first-order valence-electron chi connectivity index (χ1n) is 7.10. The summed E-state index contributed by atoms with van der Waals surface area (Å²) in [7, 11) is 0. The standard InChI is InChI=1S/C17H19FN2O/c1-2-20(13-16-8-3-4-10-19-16)11-9-17(21)14-6-5-7-15(18)12-14/h3-8,10,12H,2,9,11,13H2,1H3. The minimum Gasteiger partial charge on any atom is -0.297 e. The lowest BCUT2D eigenvalue weighted by Crippen LogP contribution is -2.26. The number of ketones is 1. The zero-order valence-corrected chi connectivity index (χ0v) is 12.1. The second kappa shape index (κ2) is 7.64. The first-order chi connectivity index (χ1) is 10.2. The van der Waals surface area contributed by atoms with E-state index in [1.807, 2.05) is 18.2 Å². The van der Waals surface area contributed by atoms with Crippen LogP contribution in [0.5, 0.6) is 0 Å². The summed E-state index contributed by atoms with van der Waals surface area (Å²) in [6, 6.07) is 11.7. The fourth-order valence-corrected chi connectivity index (χ4v) is 2.14. The lowest BCUT2D eigenvalue weighted by Gasteiger charge is -2.19. The number of nitrogens with zero attached hydrogens (tertiary/aromatic N) is 2. The third-order valence-corrected chi connectivity index (χ3v) is 3.36. The van der Waals surface area contributed by atoms with Gasteiger partial charge in [0.15, 0.2) is 5.78 Å². The molecule has 0 unspecified atom stereocenters. The van der Waals surface area contributed by atoms with Gasteiger partial charge in [-0.2, -0.15) is 0 Å². The molecule has 0 radical (unpaired) electrons. The maximum atomic E-state index is 13.1. The number of benzene rings is 1. The van der Waals surface area contributed by atoms with Gasteiger partial charge in [-0.25, -0.2) is 4.39 Å². The van der Waals surface area contributed by atoms with E-state index in [1.165, 1.54) is 12.1 Å². The summed E-state index contributed by atoms with van der Waals surface area (Å²) in [5, 5.41) is 0. The quantitative estimate of drug-likeness (QED) is 0.732. The monoisotopic (exact) mass is 286 g/mol. The first kappa shape index (κ1) is 15.3. The fourth-order valence-electron chi connectivity index (χ4n) is 2.14. The minimum atomic E-state index is -0.373. The highest BCUT2D eigenvalue weighted by atomic mass is 19.1. The fraction of sp³-hybridized carbons (Fsp3) is 0.294. The highest BCUT2D eigenvalue weighted by Gasteiger charge is 2.10. The molecule has 2 rings (SSSR count). The third-order valence-electron chi connectivity index (χ3n) is 3.36. The molecule has 0 amide bonds. The number of pyridine rings is 1. The molecule has 21 heavy (non-hydrogen) atoms. The lowest BCUT2D eigenvalue weighted by molar-refractivity contribution is 0.0963. The van der Waals surface area contributed by atoms with Crippen molar-refractivity contribution in [2.45, 2.75) is 19.9 Å². The summed E-state index contributed by atoms with van der Waals surface area (Å²) in [5.74, 6) is -0.407. The van der Waals surface area contributed by atoms with Crippen LogP contribution in [0.3, 0.4) is 0 Å². The van der Waals surface area contributed by atoms with Crippen LogP contribution in [-0.4, -0.2) is 28.8 Å². The summed E-state index contributed by atoms with van der Waals surface area (Å²) in [6.45, 7) is 4.25. The number of halogens is 1. The van der Waals surface area contributed by atoms with Crippen molar-refractivity contribution < 1.29 is 9.18 Å². The van der Waals surface area contributed by atoms with Gasteiger partial charge in [-0.15, -0.1) is 0 Å². The first-order valence-corrected chi connectivity index (χ1v) is 7.10. The molecule has 0 aliphatic heterocycles. The van der Waals surface area contributed by atoms with Crippen LogP contribution in [0.1, 0.15) is 29.4 Å². The maximum Gasteiger partial charge on any atom is 0.164 e. The molecule has 1 heterocycles. The van der Waals surface area contributed by atoms with Crippen molar-refractivity contribution in [1.82, 2.24) is 9.88 Å². The highest BCUT2D eigenvalue weighted by Crippen LogP contribution is 2.08. The highest BCUT2D eigenvalue weighted by molar-refractivity contribution is 5.96. The number of hydrogen-bond acceptors (Lipinski definition) is 3. The van der Waals surface area contributed by atoms with E-state index in [1.54, 1.807) is 18.3 Å². The smallest absolute Gasteiger partial charge is 0.164 e. The normalized spacial score (nSPS) is 10.8. The molecule has 110 valence electrons. The summed E-state index contributed by atoms with van der Waals surface area (Å²) < 4.78 is 13.1. The molecule has 0 fully saturated rings. The Morgan fingerprint density at radius 3 is 2.76 bits per heavy atom. The van der Waals surface area contributed by atoms with Crippen LogP contribution >= 0.6 is 0 Å². The lowest BCUT2D eigenvalue weighted by atomic mass is 10.1. The van der Waals surface area contributed by atoms with Crippen LogP contribution in [0.4, 0.5) is 4.39 Å². The van der Waals surface area contributed by atoms with Crippen molar-refractivity contribution in [2.24, 2.45) is 0 Å². The third kappa shape index (κ3) is 4.76. The van der Waals surface area contributed by atoms with Crippen LogP contribution in [0.25, 0.3) is 0 Å². The summed E-state index contributed by atoms with van der Waals surface area (Å²) in [4.78, 5) is 18.5. The Labute approximate surface area is 124 Å². The molecule has 1 aromatic carbocycles. The van der Waals surface area contributed by atoms with E-state index in [0.717, 1.165) is 12.2 Å². The van der Waals surface area contributed by atoms with Crippen molar-refractivity contribution in [3.63, 3.8) is 0 Å². The average molecular weight is 286 g/mol. The van der Waals surface area contributed by atoms with Crippen molar-refractivity contribution in [3.8, 4) is 0 Å². The van der Waals surface area contributed by atoms with Gasteiger partial charge in [0, 0.05) is 31.3 Å². The molecule has 0 bridgehead atoms. The molecule has 0 atom stereocenters. The van der Waals surface area contributed by atoms with Crippen molar-refractivity contribution >= 4 is 5.78 Å². The summed E-state index contributed by atoms with van der Waals surface area (Å²) in [5.41, 5.74) is 1.42. The predicted molar refractivity (Wildman–Crippen MR) is 80.5 cm³/mol. The molecule has 4 heteroatoms. The molecular weight excluding hydrogens is 267 g/mol. The second-order valence-electron chi connectivity index (χ2n) is 4.87. The summed E-state index contributed by atoms with van der Waals surface area (Å²) >= 11 is 0. The maximum absolute atomic E-state index is 13.1. The Bertz CT molecular complexity index is 586. The van der Waals surface area contributed by atoms with E-state index in [4.69, 9.17) is 0 Å². The van der Waals surface area contributed by atoms with Crippen LogP contribution in [0, 0.1) is 5.82 Å². The van der Waals surface area contributed by atoms with E-state index in [2.05, 4.69) is 16.8 Å². The Balaban J connectivity index is 1.89. The van der Waals surface area contributed by atoms with Gasteiger partial charge >= 0.3 is 0 Å². The van der Waals surface area contributed by atoms with E-state index >= 15 is 0 Å². The molecule has 0 aliphatic carbocycles. The number of carbonyl (C=O) groups excluding carboxylic acids is 1. The minimum absolute atomic E-state index is 0.0334. The Morgan fingerprint density at radius 2 is 2.10 bits per heavy atom. The van der Waals surface area contributed by atoms with Crippen LogP contribution in [0.2, 0.25) is 0 Å². The molecule has 3 nitrogen and oxygen atoms in total. The Morgan fingerprint density at radius 1 is 1.24 bits per heavy atom. The van der Waals surface area contributed by atoms with Gasteiger partial charge in [0.2, 0.25) is 0 Å². The van der Waals surface area contributed by atoms with Crippen molar-refractivity contribution in [2.75, 3.05) is 13.1 Å². The van der Waals surface area contributed by atoms with Gasteiger partial charge in [0.05, 0.1) is 5.69 Å². The molecule has 1 aromatic heterocycles. The van der Waals surface area contributed by atoms with E-state index in [-0.39, 0.29) is 11.6 Å². The summed E-state index contributed by atoms with van der Waals surface area (Å²) in [6.07, 6.45) is 2.14. The second-order valence-corrected chi connectivity index (χ2v) is 4.87. The van der Waals surface area contributed by atoms with Gasteiger partial charge in [0.25, 0.3) is 0 Å². The van der Waals surface area contributed by atoms with E-state index < -0.39 is 0 Å². The van der Waals surface area contributed by atoms with E-state index in [0.29, 0.717) is 25.1 Å². The number of aromatic nitrogens is 1. The SMILES string of the molecule is CCN(CCC(=O)c1cccc(F)c1)Cc1ccccn1.